The normalized spacial score (nSPS) is 16.1. The molecule has 0 saturated carbocycles. The van der Waals surface area contributed by atoms with Crippen molar-refractivity contribution >= 4 is 29.2 Å². The average molecular weight is 458 g/mol. The Balaban J connectivity index is 1.63. The van der Waals surface area contributed by atoms with Crippen molar-refractivity contribution in [2.45, 2.75) is 32.7 Å². The molecule has 0 spiro atoms. The van der Waals surface area contributed by atoms with Crippen LogP contribution in [-0.4, -0.2) is 61.5 Å². The Morgan fingerprint density at radius 2 is 1.69 bits per heavy atom. The summed E-state index contributed by atoms with van der Waals surface area (Å²) in [6, 6.07) is 12.9. The van der Waals surface area contributed by atoms with Crippen LogP contribution in [0.1, 0.15) is 42.5 Å². The molecule has 1 fully saturated rings. The lowest BCUT2D eigenvalue weighted by Crippen LogP contribution is -2.51. The average Bonchev–Trinajstić information content (AvgIpc) is 2.77. The fraction of sp³-hybridized carbons (Fsp3) is 0.440. The number of ether oxygens (including phenoxy) is 1. The lowest BCUT2D eigenvalue weighted by atomic mass is 9.98. The molecule has 32 heavy (non-hydrogen) atoms. The monoisotopic (exact) mass is 457 g/mol. The second-order valence-corrected chi connectivity index (χ2v) is 8.91. The zero-order valence-electron chi connectivity index (χ0n) is 19.2. The molecule has 0 bridgehead atoms. The Morgan fingerprint density at radius 1 is 1.03 bits per heavy atom. The highest BCUT2D eigenvalue weighted by Crippen LogP contribution is 2.30. The van der Waals surface area contributed by atoms with Gasteiger partial charge >= 0.3 is 5.97 Å². The summed E-state index contributed by atoms with van der Waals surface area (Å²) in [5, 5.41) is 3.66. The van der Waals surface area contributed by atoms with Crippen molar-refractivity contribution < 1.29 is 14.3 Å². The van der Waals surface area contributed by atoms with E-state index in [0.717, 1.165) is 22.4 Å². The van der Waals surface area contributed by atoms with Crippen LogP contribution in [0, 0.1) is 6.92 Å². The molecule has 1 aliphatic heterocycles. The highest BCUT2D eigenvalue weighted by molar-refractivity contribution is 6.31. The summed E-state index contributed by atoms with van der Waals surface area (Å²) < 4.78 is 5.06. The number of para-hydroxylation sites is 1. The van der Waals surface area contributed by atoms with Crippen LogP contribution in [0.15, 0.2) is 42.5 Å². The predicted octanol–water partition coefficient (Wildman–Crippen LogP) is 4.24. The molecule has 6 nitrogen and oxygen atoms in total. The van der Waals surface area contributed by atoms with E-state index in [0.29, 0.717) is 43.7 Å². The lowest BCUT2D eigenvalue weighted by molar-refractivity contribution is -0.148. The molecular weight excluding hydrogens is 426 g/mol. The molecule has 1 saturated heterocycles. The number of methoxy groups -OCH3 is 1. The number of benzene rings is 2. The first kappa shape index (κ1) is 24.2. The first-order valence-electron chi connectivity index (χ1n) is 11.0. The van der Waals surface area contributed by atoms with Crippen LogP contribution >= 0.6 is 11.6 Å². The van der Waals surface area contributed by atoms with Gasteiger partial charge in [-0.05, 0) is 35.6 Å². The van der Waals surface area contributed by atoms with E-state index < -0.39 is 6.04 Å². The van der Waals surface area contributed by atoms with Crippen molar-refractivity contribution in [3.63, 3.8) is 0 Å². The van der Waals surface area contributed by atoms with E-state index in [-0.39, 0.29) is 11.9 Å². The number of hydrogen-bond acceptors (Lipinski definition) is 5. The third-order valence-electron chi connectivity index (χ3n) is 5.95. The smallest absolute Gasteiger partial charge is 0.327 e. The Bertz CT molecular complexity index is 955. The fourth-order valence-corrected chi connectivity index (χ4v) is 4.42. The van der Waals surface area contributed by atoms with E-state index >= 15 is 0 Å². The van der Waals surface area contributed by atoms with Crippen molar-refractivity contribution in [3.8, 4) is 0 Å². The molecule has 1 N–H and O–H groups in total. The van der Waals surface area contributed by atoms with Gasteiger partial charge in [0.1, 0.15) is 6.04 Å². The second-order valence-electron chi connectivity index (χ2n) is 8.50. The number of halogens is 1. The van der Waals surface area contributed by atoms with Crippen LogP contribution in [-0.2, 0) is 14.3 Å². The van der Waals surface area contributed by atoms with E-state index in [4.69, 9.17) is 16.3 Å². The van der Waals surface area contributed by atoms with Gasteiger partial charge in [-0.15, -0.1) is 0 Å². The van der Waals surface area contributed by atoms with Gasteiger partial charge in [-0.3, -0.25) is 14.6 Å². The highest BCUT2D eigenvalue weighted by Gasteiger charge is 2.33. The minimum atomic E-state index is -0.551. The molecule has 7 heteroatoms. The fourth-order valence-electron chi connectivity index (χ4n) is 4.19. The van der Waals surface area contributed by atoms with Gasteiger partial charge in [0.25, 0.3) is 0 Å². The quantitative estimate of drug-likeness (QED) is 0.630. The number of esters is 1. The maximum absolute atomic E-state index is 12.8. The van der Waals surface area contributed by atoms with Crippen molar-refractivity contribution in [1.29, 1.82) is 0 Å². The second kappa shape index (κ2) is 10.9. The van der Waals surface area contributed by atoms with Gasteiger partial charge in [0.05, 0.1) is 13.7 Å². The number of rotatable bonds is 7. The Kier molecular flexibility index (Phi) is 8.29. The molecule has 1 amide bonds. The number of amides is 1. The van der Waals surface area contributed by atoms with Crippen LogP contribution in [0.2, 0.25) is 5.02 Å². The standard InChI is InChI=1S/C25H32ClN3O3/c1-17(2)19-10-7-8-18(3)23(19)27-22(30)16-28-12-14-29(15-13-28)24(25(31)32-4)20-9-5-6-11-21(20)26/h5-11,17,24H,12-16H2,1-4H3,(H,27,30). The van der Waals surface area contributed by atoms with E-state index in [1.165, 1.54) is 7.11 Å². The minimum Gasteiger partial charge on any atom is -0.468 e. The summed E-state index contributed by atoms with van der Waals surface area (Å²) >= 11 is 6.36. The summed E-state index contributed by atoms with van der Waals surface area (Å²) in [5.74, 6) is -0.0239. The molecule has 3 rings (SSSR count). The number of nitrogens with one attached hydrogen (secondary N) is 1. The van der Waals surface area contributed by atoms with Crippen LogP contribution in [0.25, 0.3) is 0 Å². The van der Waals surface area contributed by atoms with Crippen LogP contribution < -0.4 is 5.32 Å². The molecule has 1 aliphatic rings. The number of anilines is 1. The molecule has 2 aromatic rings. The maximum Gasteiger partial charge on any atom is 0.327 e. The highest BCUT2D eigenvalue weighted by atomic mass is 35.5. The summed E-state index contributed by atoms with van der Waals surface area (Å²) in [4.78, 5) is 29.5. The van der Waals surface area contributed by atoms with Crippen molar-refractivity contribution in [2.75, 3.05) is 45.2 Å². The minimum absolute atomic E-state index is 0.0229. The Morgan fingerprint density at radius 3 is 2.31 bits per heavy atom. The van der Waals surface area contributed by atoms with Gasteiger partial charge in [-0.2, -0.15) is 0 Å². The zero-order chi connectivity index (χ0) is 23.3. The summed E-state index contributed by atoms with van der Waals surface area (Å²) in [6.45, 7) is 9.21. The first-order chi connectivity index (χ1) is 15.3. The SMILES string of the molecule is COC(=O)C(c1ccccc1Cl)N1CCN(CC(=O)Nc2c(C)cccc2C(C)C)CC1. The summed E-state index contributed by atoms with van der Waals surface area (Å²) in [6.07, 6.45) is 0. The Labute approximate surface area is 195 Å². The Hall–Kier alpha value is -2.41. The maximum atomic E-state index is 12.8. The van der Waals surface area contributed by atoms with Crippen molar-refractivity contribution in [2.24, 2.45) is 0 Å². The largest absolute Gasteiger partial charge is 0.468 e. The zero-order valence-corrected chi connectivity index (χ0v) is 20.0. The van der Waals surface area contributed by atoms with Crippen molar-refractivity contribution in [3.05, 3.63) is 64.2 Å². The lowest BCUT2D eigenvalue weighted by Gasteiger charge is -2.38. The third kappa shape index (κ3) is 5.68. The predicted molar refractivity (Wildman–Crippen MR) is 128 cm³/mol. The molecule has 1 atom stereocenters. The molecule has 1 unspecified atom stereocenters. The number of aryl methyl sites for hydroxylation is 1. The third-order valence-corrected chi connectivity index (χ3v) is 6.30. The number of carbonyl (C=O) groups is 2. The van der Waals surface area contributed by atoms with Crippen LogP contribution in [0.4, 0.5) is 5.69 Å². The van der Waals surface area contributed by atoms with Crippen LogP contribution in [0.3, 0.4) is 0 Å². The van der Waals surface area contributed by atoms with Gasteiger partial charge < -0.3 is 10.1 Å². The molecular formula is C25H32ClN3O3. The molecule has 1 heterocycles. The number of carbonyl (C=O) groups excluding carboxylic acids is 2. The van der Waals surface area contributed by atoms with Gasteiger partial charge in [0, 0.05) is 36.9 Å². The summed E-state index contributed by atoms with van der Waals surface area (Å²) in [5.41, 5.74) is 3.86. The number of nitrogens with zero attached hydrogens (tertiary/aromatic N) is 2. The van der Waals surface area contributed by atoms with E-state index in [1.807, 2.05) is 37.3 Å². The number of piperazine rings is 1. The van der Waals surface area contributed by atoms with E-state index in [9.17, 15) is 9.59 Å². The topological polar surface area (TPSA) is 61.9 Å². The molecule has 0 aromatic heterocycles. The van der Waals surface area contributed by atoms with E-state index in [1.54, 1.807) is 6.07 Å². The molecule has 0 radical (unpaired) electrons. The van der Waals surface area contributed by atoms with Gasteiger partial charge in [0.15, 0.2) is 0 Å². The van der Waals surface area contributed by atoms with Gasteiger partial charge in [-0.1, -0.05) is 61.8 Å². The first-order valence-corrected chi connectivity index (χ1v) is 11.4. The number of hydrogen-bond donors (Lipinski definition) is 1. The van der Waals surface area contributed by atoms with Crippen LogP contribution in [0.5, 0.6) is 0 Å². The van der Waals surface area contributed by atoms with E-state index in [2.05, 4.69) is 35.0 Å². The molecule has 0 aliphatic carbocycles. The molecule has 172 valence electrons. The van der Waals surface area contributed by atoms with Crippen molar-refractivity contribution in [1.82, 2.24) is 9.80 Å². The summed E-state index contributed by atoms with van der Waals surface area (Å²) in [7, 11) is 1.39. The van der Waals surface area contributed by atoms with Gasteiger partial charge in [-0.25, -0.2) is 4.79 Å². The molecule has 2 aromatic carbocycles. The van der Waals surface area contributed by atoms with Gasteiger partial charge in [0.2, 0.25) is 5.91 Å².